The van der Waals surface area contributed by atoms with Crippen molar-refractivity contribution in [3.05, 3.63) is 55.1 Å². The first-order valence-corrected chi connectivity index (χ1v) is 10.7. The van der Waals surface area contributed by atoms with Crippen LogP contribution in [-0.2, 0) is 11.3 Å². The maximum atomic E-state index is 12.8. The summed E-state index contributed by atoms with van der Waals surface area (Å²) in [4.78, 5) is 28.4. The number of carbonyl (C=O) groups excluding carboxylic acids is 1. The maximum Gasteiger partial charge on any atom is 0.237 e. The molecule has 0 unspecified atom stereocenters. The lowest BCUT2D eigenvalue weighted by Crippen LogP contribution is -2.22. The molecule has 3 aromatic heterocycles. The first-order chi connectivity index (χ1) is 14.7. The number of aryl methyl sites for hydroxylation is 1. The number of benzene rings is 2. The zero-order valence-corrected chi connectivity index (χ0v) is 17.4. The normalized spacial score (nSPS) is 12.6. The summed E-state index contributed by atoms with van der Waals surface area (Å²) >= 11 is 1.38. The molecule has 2 N–H and O–H groups in total. The van der Waals surface area contributed by atoms with Crippen LogP contribution in [0, 0.1) is 0 Å². The Morgan fingerprint density at radius 2 is 1.97 bits per heavy atom. The molecule has 1 amide bonds. The van der Waals surface area contributed by atoms with Crippen LogP contribution in [0.25, 0.3) is 33.0 Å². The zero-order valence-electron chi connectivity index (χ0n) is 16.6. The van der Waals surface area contributed by atoms with Crippen LogP contribution in [-0.4, -0.2) is 35.7 Å². The van der Waals surface area contributed by atoms with Crippen molar-refractivity contribution < 1.29 is 4.79 Å². The average Bonchev–Trinajstić information content (AvgIpc) is 3.36. The van der Waals surface area contributed by atoms with E-state index in [0.717, 1.165) is 23.3 Å². The summed E-state index contributed by atoms with van der Waals surface area (Å²) in [5.74, 6) is -0.0789. The number of thioether (sulfide) groups is 1. The third kappa shape index (κ3) is 3.09. The molecule has 0 fully saturated rings. The minimum atomic E-state index is -0.334. The fourth-order valence-corrected chi connectivity index (χ4v) is 4.64. The monoisotopic (exact) mass is 416 g/mol. The quantitative estimate of drug-likeness (QED) is 0.323. The van der Waals surface area contributed by atoms with Crippen molar-refractivity contribution in [3.63, 3.8) is 0 Å². The van der Waals surface area contributed by atoms with Crippen molar-refractivity contribution >= 4 is 56.3 Å². The number of aromatic amines is 1. The van der Waals surface area contributed by atoms with Crippen molar-refractivity contribution in [2.75, 3.05) is 5.32 Å². The summed E-state index contributed by atoms with van der Waals surface area (Å²) in [7, 11) is 0. The van der Waals surface area contributed by atoms with Gasteiger partial charge in [-0.05, 0) is 32.0 Å². The SMILES string of the molecule is CCn1c2ccccc2c2ccc(NC(=O)[C@H](C)Sc3ncnc4nc[nH]c34)cc21. The van der Waals surface area contributed by atoms with E-state index in [1.165, 1.54) is 34.4 Å². The van der Waals surface area contributed by atoms with Gasteiger partial charge in [0, 0.05) is 28.5 Å². The van der Waals surface area contributed by atoms with Gasteiger partial charge in [-0.25, -0.2) is 15.0 Å². The van der Waals surface area contributed by atoms with Crippen LogP contribution in [0.3, 0.4) is 0 Å². The van der Waals surface area contributed by atoms with Crippen LogP contribution in [0.4, 0.5) is 5.69 Å². The number of amides is 1. The van der Waals surface area contributed by atoms with Crippen LogP contribution in [0.5, 0.6) is 0 Å². The van der Waals surface area contributed by atoms with Crippen molar-refractivity contribution in [2.24, 2.45) is 0 Å². The molecule has 0 saturated heterocycles. The molecule has 0 radical (unpaired) electrons. The van der Waals surface area contributed by atoms with Gasteiger partial charge in [0.2, 0.25) is 5.91 Å². The Balaban J connectivity index is 1.41. The van der Waals surface area contributed by atoms with E-state index in [9.17, 15) is 4.79 Å². The van der Waals surface area contributed by atoms with Gasteiger partial charge in [-0.15, -0.1) is 0 Å². The fourth-order valence-electron chi connectivity index (χ4n) is 3.76. The molecule has 0 aliphatic rings. The first-order valence-electron chi connectivity index (χ1n) is 9.78. The molecule has 0 spiro atoms. The Kier molecular flexibility index (Phi) is 4.63. The van der Waals surface area contributed by atoms with Gasteiger partial charge in [-0.2, -0.15) is 0 Å². The van der Waals surface area contributed by atoms with Gasteiger partial charge >= 0.3 is 0 Å². The van der Waals surface area contributed by atoms with E-state index in [-0.39, 0.29) is 11.2 Å². The van der Waals surface area contributed by atoms with Crippen LogP contribution in [0.1, 0.15) is 13.8 Å². The number of hydrogen-bond acceptors (Lipinski definition) is 5. The van der Waals surface area contributed by atoms with Crippen LogP contribution in [0.15, 0.2) is 60.1 Å². The number of H-pyrrole nitrogens is 1. The van der Waals surface area contributed by atoms with E-state index in [2.05, 4.69) is 67.1 Å². The Hall–Kier alpha value is -3.39. The highest BCUT2D eigenvalue weighted by atomic mass is 32.2. The third-order valence-electron chi connectivity index (χ3n) is 5.20. The lowest BCUT2D eigenvalue weighted by Gasteiger charge is -2.12. The van der Waals surface area contributed by atoms with E-state index in [1.54, 1.807) is 6.33 Å². The van der Waals surface area contributed by atoms with E-state index in [1.807, 2.05) is 19.1 Å². The first kappa shape index (κ1) is 18.6. The van der Waals surface area contributed by atoms with Crippen LogP contribution < -0.4 is 5.32 Å². The number of nitrogens with one attached hydrogen (secondary N) is 2. The van der Waals surface area contributed by atoms with E-state index < -0.39 is 0 Å². The molecule has 8 heteroatoms. The molecule has 5 aromatic rings. The fraction of sp³-hybridized carbons (Fsp3) is 0.182. The Labute approximate surface area is 176 Å². The van der Waals surface area contributed by atoms with Crippen molar-refractivity contribution in [1.82, 2.24) is 24.5 Å². The number of aromatic nitrogens is 5. The number of para-hydroxylation sites is 1. The number of hydrogen-bond donors (Lipinski definition) is 2. The minimum Gasteiger partial charge on any atom is -0.341 e. The van der Waals surface area contributed by atoms with Crippen molar-refractivity contribution in [2.45, 2.75) is 30.7 Å². The van der Waals surface area contributed by atoms with Gasteiger partial charge in [-0.3, -0.25) is 4.79 Å². The molecular weight excluding hydrogens is 396 g/mol. The molecule has 5 rings (SSSR count). The molecular formula is C22H20N6OS. The predicted molar refractivity (Wildman–Crippen MR) is 121 cm³/mol. The molecule has 0 aliphatic heterocycles. The van der Waals surface area contributed by atoms with Gasteiger partial charge in [-0.1, -0.05) is 36.0 Å². The summed E-state index contributed by atoms with van der Waals surface area (Å²) in [5, 5.41) is 5.84. The van der Waals surface area contributed by atoms with Crippen molar-refractivity contribution in [3.8, 4) is 0 Å². The molecule has 2 aromatic carbocycles. The summed E-state index contributed by atoms with van der Waals surface area (Å²) in [6, 6.07) is 14.5. The maximum absolute atomic E-state index is 12.8. The smallest absolute Gasteiger partial charge is 0.237 e. The zero-order chi connectivity index (χ0) is 20.7. The number of anilines is 1. The second-order valence-electron chi connectivity index (χ2n) is 7.02. The van der Waals surface area contributed by atoms with E-state index in [4.69, 9.17) is 0 Å². The van der Waals surface area contributed by atoms with E-state index in [0.29, 0.717) is 10.7 Å². The van der Waals surface area contributed by atoms with Gasteiger partial charge < -0.3 is 14.9 Å². The molecule has 0 bridgehead atoms. The second-order valence-corrected chi connectivity index (χ2v) is 8.35. The largest absolute Gasteiger partial charge is 0.341 e. The Bertz CT molecular complexity index is 1390. The molecule has 0 saturated carbocycles. The molecule has 30 heavy (non-hydrogen) atoms. The summed E-state index contributed by atoms with van der Waals surface area (Å²) in [6.07, 6.45) is 3.05. The number of imidazole rings is 1. The van der Waals surface area contributed by atoms with Gasteiger partial charge in [0.15, 0.2) is 5.65 Å². The lowest BCUT2D eigenvalue weighted by molar-refractivity contribution is -0.115. The third-order valence-corrected chi connectivity index (χ3v) is 6.30. The van der Waals surface area contributed by atoms with Crippen LogP contribution >= 0.6 is 11.8 Å². The van der Waals surface area contributed by atoms with Gasteiger partial charge in [0.05, 0.1) is 17.1 Å². The summed E-state index contributed by atoms with van der Waals surface area (Å²) in [6.45, 7) is 4.86. The number of rotatable bonds is 5. The van der Waals surface area contributed by atoms with E-state index >= 15 is 0 Å². The summed E-state index contributed by atoms with van der Waals surface area (Å²) in [5.41, 5.74) is 4.45. The highest BCUT2D eigenvalue weighted by Gasteiger charge is 2.18. The predicted octanol–water partition coefficient (Wildman–Crippen LogP) is 4.60. The standard InChI is InChI=1S/C22H20N6OS/c1-3-28-17-7-5-4-6-15(17)16-9-8-14(10-18(16)28)27-21(29)13(2)30-22-19-20(24-11-23-19)25-12-26-22/h4-13H,3H2,1-2H3,(H,27,29)(H,23,24,25,26)/t13-/m0/s1. The number of carbonyl (C=O) groups is 1. The topological polar surface area (TPSA) is 88.5 Å². The molecule has 3 heterocycles. The minimum absolute atomic E-state index is 0.0789. The molecule has 0 aliphatic carbocycles. The molecule has 150 valence electrons. The highest BCUT2D eigenvalue weighted by Crippen LogP contribution is 2.31. The molecule has 7 nitrogen and oxygen atoms in total. The second kappa shape index (κ2) is 7.46. The van der Waals surface area contributed by atoms with Crippen LogP contribution in [0.2, 0.25) is 0 Å². The number of nitrogens with zero attached hydrogens (tertiary/aromatic N) is 4. The Morgan fingerprint density at radius 1 is 1.13 bits per heavy atom. The van der Waals surface area contributed by atoms with Gasteiger partial charge in [0.1, 0.15) is 16.9 Å². The molecule has 1 atom stereocenters. The Morgan fingerprint density at radius 3 is 2.83 bits per heavy atom. The highest BCUT2D eigenvalue weighted by molar-refractivity contribution is 8.00. The lowest BCUT2D eigenvalue weighted by atomic mass is 10.1. The van der Waals surface area contributed by atoms with Gasteiger partial charge in [0.25, 0.3) is 0 Å². The summed E-state index contributed by atoms with van der Waals surface area (Å²) < 4.78 is 2.27. The average molecular weight is 417 g/mol. The van der Waals surface area contributed by atoms with Crippen molar-refractivity contribution in [1.29, 1.82) is 0 Å². The number of fused-ring (bicyclic) bond motifs is 4.